The molecule has 1 atom stereocenters. The van der Waals surface area contributed by atoms with E-state index in [-0.39, 0.29) is 12.1 Å². The van der Waals surface area contributed by atoms with E-state index >= 15 is 0 Å². The molecule has 1 unspecified atom stereocenters. The predicted octanol–water partition coefficient (Wildman–Crippen LogP) is 3.60. The first-order valence-electron chi connectivity index (χ1n) is 7.54. The first-order chi connectivity index (χ1) is 10.7. The normalized spacial score (nSPS) is 16.7. The van der Waals surface area contributed by atoms with Gasteiger partial charge in [0.2, 0.25) is 0 Å². The van der Waals surface area contributed by atoms with E-state index in [2.05, 4.69) is 11.1 Å². The maximum absolute atomic E-state index is 11.3. The molecule has 0 aliphatic heterocycles. The minimum Gasteiger partial charge on any atom is -0.489 e. The molecule has 0 spiro atoms. The minimum absolute atomic E-state index is 0.147. The zero-order valence-corrected chi connectivity index (χ0v) is 12.6. The highest BCUT2D eigenvalue weighted by Gasteiger charge is 2.23. The molecule has 0 N–H and O–H groups in total. The van der Waals surface area contributed by atoms with Crippen LogP contribution in [0, 0.1) is 0 Å². The van der Waals surface area contributed by atoms with Gasteiger partial charge < -0.3 is 9.47 Å². The van der Waals surface area contributed by atoms with Gasteiger partial charge in [0.25, 0.3) is 0 Å². The topological polar surface area (TPSA) is 48.4 Å². The molecule has 0 fully saturated rings. The third-order valence-electron chi connectivity index (χ3n) is 3.84. The number of aryl methyl sites for hydroxylation is 1. The van der Waals surface area contributed by atoms with Crippen LogP contribution in [-0.4, -0.2) is 11.0 Å². The molecule has 0 saturated heterocycles. The Kier molecular flexibility index (Phi) is 4.37. The molecule has 1 aromatic carbocycles. The Bertz CT molecular complexity index is 655. The maximum Gasteiger partial charge on any atom is 0.303 e. The lowest BCUT2D eigenvalue weighted by Gasteiger charge is -2.25. The highest BCUT2D eigenvalue weighted by atomic mass is 16.5. The van der Waals surface area contributed by atoms with E-state index in [4.69, 9.17) is 9.47 Å². The van der Waals surface area contributed by atoms with Crippen LogP contribution in [0.15, 0.2) is 42.7 Å². The van der Waals surface area contributed by atoms with Gasteiger partial charge in [-0.2, -0.15) is 0 Å². The van der Waals surface area contributed by atoms with Crippen LogP contribution in [0.4, 0.5) is 0 Å². The van der Waals surface area contributed by atoms with Crippen molar-refractivity contribution in [2.45, 2.75) is 38.9 Å². The van der Waals surface area contributed by atoms with Crippen LogP contribution in [0.3, 0.4) is 0 Å². The molecule has 22 heavy (non-hydrogen) atoms. The second-order valence-electron chi connectivity index (χ2n) is 5.50. The Hall–Kier alpha value is -2.36. The summed E-state index contributed by atoms with van der Waals surface area (Å²) in [5, 5.41) is 0. The van der Waals surface area contributed by atoms with Crippen molar-refractivity contribution in [3.63, 3.8) is 0 Å². The zero-order chi connectivity index (χ0) is 15.4. The summed E-state index contributed by atoms with van der Waals surface area (Å²) in [6.45, 7) is 1.96. The van der Waals surface area contributed by atoms with Crippen molar-refractivity contribution in [1.29, 1.82) is 0 Å². The summed E-state index contributed by atoms with van der Waals surface area (Å²) >= 11 is 0. The van der Waals surface area contributed by atoms with Gasteiger partial charge in [0, 0.05) is 19.3 Å². The molecule has 0 saturated carbocycles. The number of fused-ring (bicyclic) bond motifs is 1. The summed E-state index contributed by atoms with van der Waals surface area (Å²) in [5.41, 5.74) is 3.40. The smallest absolute Gasteiger partial charge is 0.303 e. The van der Waals surface area contributed by atoms with E-state index in [1.165, 1.54) is 12.5 Å². The lowest BCUT2D eigenvalue weighted by atomic mass is 9.89. The Labute approximate surface area is 130 Å². The fourth-order valence-corrected chi connectivity index (χ4v) is 2.79. The molecule has 0 bridgehead atoms. The van der Waals surface area contributed by atoms with Crippen LogP contribution < -0.4 is 4.74 Å². The van der Waals surface area contributed by atoms with Crippen LogP contribution in [0.25, 0.3) is 0 Å². The molecule has 0 amide bonds. The number of carbonyl (C=O) groups excluding carboxylic acids is 1. The summed E-state index contributed by atoms with van der Waals surface area (Å²) in [4.78, 5) is 15.2. The summed E-state index contributed by atoms with van der Waals surface area (Å²) in [6.07, 6.45) is 6.30. The number of rotatable bonds is 4. The molecule has 0 radical (unpaired) electrons. The highest BCUT2D eigenvalue weighted by molar-refractivity contribution is 5.66. The summed E-state index contributed by atoms with van der Waals surface area (Å²) in [7, 11) is 0. The van der Waals surface area contributed by atoms with Gasteiger partial charge in [0.1, 0.15) is 18.5 Å². The zero-order valence-electron chi connectivity index (χ0n) is 12.6. The molecule has 2 aromatic rings. The Morgan fingerprint density at radius 1 is 1.27 bits per heavy atom. The lowest BCUT2D eigenvalue weighted by molar-refractivity contribution is -0.147. The fraction of sp³-hybridized carbons (Fsp3) is 0.333. The van der Waals surface area contributed by atoms with Crippen LogP contribution in [0.5, 0.6) is 5.75 Å². The third-order valence-corrected chi connectivity index (χ3v) is 3.84. The molecule has 1 aliphatic rings. The van der Waals surface area contributed by atoms with Crippen molar-refractivity contribution in [2.24, 2.45) is 0 Å². The maximum atomic E-state index is 11.3. The average molecular weight is 297 g/mol. The fourth-order valence-electron chi connectivity index (χ4n) is 2.79. The number of hydrogen-bond donors (Lipinski definition) is 0. The van der Waals surface area contributed by atoms with E-state index in [9.17, 15) is 4.79 Å². The third kappa shape index (κ3) is 3.45. The predicted molar refractivity (Wildman–Crippen MR) is 82.5 cm³/mol. The van der Waals surface area contributed by atoms with Crippen molar-refractivity contribution in [2.75, 3.05) is 0 Å². The van der Waals surface area contributed by atoms with E-state index in [1.54, 1.807) is 12.4 Å². The Morgan fingerprint density at radius 3 is 2.86 bits per heavy atom. The number of benzene rings is 1. The van der Waals surface area contributed by atoms with Crippen LogP contribution in [-0.2, 0) is 22.6 Å². The molecular weight excluding hydrogens is 278 g/mol. The second-order valence-corrected chi connectivity index (χ2v) is 5.50. The molecule has 4 heteroatoms. The van der Waals surface area contributed by atoms with Gasteiger partial charge in [-0.1, -0.05) is 6.07 Å². The number of ether oxygens (including phenoxy) is 2. The molecule has 1 aliphatic carbocycles. The average Bonchev–Trinajstić information content (AvgIpc) is 2.54. The number of carbonyl (C=O) groups is 1. The van der Waals surface area contributed by atoms with Gasteiger partial charge in [-0.15, -0.1) is 0 Å². The monoisotopic (exact) mass is 297 g/mol. The van der Waals surface area contributed by atoms with E-state index in [0.717, 1.165) is 36.1 Å². The van der Waals surface area contributed by atoms with Crippen molar-refractivity contribution in [3.8, 4) is 5.75 Å². The molecular formula is C18H19NO3. The Balaban J connectivity index is 1.75. The first-order valence-corrected chi connectivity index (χ1v) is 7.54. The summed E-state index contributed by atoms with van der Waals surface area (Å²) < 4.78 is 11.3. The van der Waals surface area contributed by atoms with Crippen molar-refractivity contribution in [1.82, 2.24) is 4.98 Å². The largest absolute Gasteiger partial charge is 0.489 e. The van der Waals surface area contributed by atoms with Gasteiger partial charge >= 0.3 is 5.97 Å². The molecule has 1 aromatic heterocycles. The van der Waals surface area contributed by atoms with Gasteiger partial charge in [0.05, 0.1) is 0 Å². The molecule has 114 valence electrons. The SMILES string of the molecule is CC(=O)OC1CCCc2ccc(OCc3ccncc3)cc21. The van der Waals surface area contributed by atoms with Gasteiger partial charge in [-0.25, -0.2) is 0 Å². The van der Waals surface area contributed by atoms with Crippen LogP contribution in [0.1, 0.15) is 42.6 Å². The minimum atomic E-state index is -0.235. The van der Waals surface area contributed by atoms with Crippen LogP contribution in [0.2, 0.25) is 0 Å². The van der Waals surface area contributed by atoms with Gasteiger partial charge in [-0.05, 0) is 60.2 Å². The van der Waals surface area contributed by atoms with E-state index in [0.29, 0.717) is 6.61 Å². The first kappa shape index (κ1) is 14.6. The molecule has 1 heterocycles. The Morgan fingerprint density at radius 2 is 2.09 bits per heavy atom. The second kappa shape index (κ2) is 6.60. The summed E-state index contributed by atoms with van der Waals surface area (Å²) in [5.74, 6) is 0.565. The van der Waals surface area contributed by atoms with Crippen molar-refractivity contribution >= 4 is 5.97 Å². The highest BCUT2D eigenvalue weighted by Crippen LogP contribution is 2.35. The lowest BCUT2D eigenvalue weighted by Crippen LogP contribution is -2.15. The number of hydrogen-bond acceptors (Lipinski definition) is 4. The number of pyridine rings is 1. The standard InChI is InChI=1S/C18H19NO3/c1-13(20)22-18-4-2-3-15-5-6-16(11-17(15)18)21-12-14-7-9-19-10-8-14/h5-11,18H,2-4,12H2,1H3. The number of aromatic nitrogens is 1. The summed E-state index contributed by atoms with van der Waals surface area (Å²) in [6, 6.07) is 9.92. The van der Waals surface area contributed by atoms with Crippen LogP contribution >= 0.6 is 0 Å². The van der Waals surface area contributed by atoms with E-state index < -0.39 is 0 Å². The molecule has 4 nitrogen and oxygen atoms in total. The van der Waals surface area contributed by atoms with Crippen molar-refractivity contribution in [3.05, 3.63) is 59.4 Å². The van der Waals surface area contributed by atoms with Crippen molar-refractivity contribution < 1.29 is 14.3 Å². The number of esters is 1. The quantitative estimate of drug-likeness (QED) is 0.809. The van der Waals surface area contributed by atoms with Gasteiger partial charge in [-0.3, -0.25) is 9.78 Å². The van der Waals surface area contributed by atoms with Gasteiger partial charge in [0.15, 0.2) is 0 Å². The van der Waals surface area contributed by atoms with E-state index in [1.807, 2.05) is 24.3 Å². The number of nitrogens with zero attached hydrogens (tertiary/aromatic N) is 1. The molecule has 3 rings (SSSR count).